The van der Waals surface area contributed by atoms with E-state index in [9.17, 15) is 9.59 Å². The van der Waals surface area contributed by atoms with Crippen molar-refractivity contribution >= 4 is 17.5 Å². The fourth-order valence-corrected chi connectivity index (χ4v) is 2.73. The minimum Gasteiger partial charge on any atom is -0.493 e. The van der Waals surface area contributed by atoms with Crippen molar-refractivity contribution in [1.29, 1.82) is 0 Å². The van der Waals surface area contributed by atoms with E-state index < -0.39 is 0 Å². The van der Waals surface area contributed by atoms with Gasteiger partial charge in [-0.1, -0.05) is 30.3 Å². The highest BCUT2D eigenvalue weighted by atomic mass is 16.5. The Morgan fingerprint density at radius 3 is 2.52 bits per heavy atom. The highest BCUT2D eigenvalue weighted by Gasteiger charge is 2.08. The number of rotatable bonds is 9. The van der Waals surface area contributed by atoms with Gasteiger partial charge in [0.25, 0.3) is 5.91 Å². The summed E-state index contributed by atoms with van der Waals surface area (Å²) >= 11 is 0. The molecule has 0 bridgehead atoms. The fourth-order valence-electron chi connectivity index (χ4n) is 2.73. The van der Waals surface area contributed by atoms with Crippen LogP contribution in [0, 0.1) is 6.92 Å². The Kier molecular flexibility index (Phi) is 7.05. The Morgan fingerprint density at radius 2 is 1.79 bits per heavy atom. The van der Waals surface area contributed by atoms with Crippen LogP contribution in [0.3, 0.4) is 0 Å². The van der Waals surface area contributed by atoms with Gasteiger partial charge in [0, 0.05) is 18.7 Å². The maximum atomic E-state index is 12.0. The van der Waals surface area contributed by atoms with E-state index in [2.05, 4.69) is 10.6 Å². The van der Waals surface area contributed by atoms with Crippen molar-refractivity contribution in [2.75, 3.05) is 11.9 Å². The van der Waals surface area contributed by atoms with Gasteiger partial charge in [-0.2, -0.15) is 0 Å². The summed E-state index contributed by atoms with van der Waals surface area (Å²) < 4.78 is 10.8. The van der Waals surface area contributed by atoms with Gasteiger partial charge in [0.05, 0.1) is 12.9 Å². The van der Waals surface area contributed by atoms with Gasteiger partial charge in [0.1, 0.15) is 5.75 Å². The number of carbonyl (C=O) groups excluding carboxylic acids is 2. The average Bonchev–Trinajstić information content (AvgIpc) is 3.27. The lowest BCUT2D eigenvalue weighted by Crippen LogP contribution is -2.23. The summed E-state index contributed by atoms with van der Waals surface area (Å²) in [5, 5.41) is 5.65. The molecule has 0 atom stereocenters. The van der Waals surface area contributed by atoms with Gasteiger partial charge in [0.15, 0.2) is 5.76 Å². The zero-order valence-corrected chi connectivity index (χ0v) is 16.3. The highest BCUT2D eigenvalue weighted by molar-refractivity contribution is 6.02. The zero-order valence-electron chi connectivity index (χ0n) is 16.3. The number of furan rings is 1. The van der Waals surface area contributed by atoms with Gasteiger partial charge >= 0.3 is 0 Å². The van der Waals surface area contributed by atoms with E-state index >= 15 is 0 Å². The SMILES string of the molecule is Cc1ccccc1OCCCC(=O)NCc1ccc(NC(=O)c2ccco2)cc1. The second-order valence-corrected chi connectivity index (χ2v) is 6.62. The molecule has 0 aliphatic rings. The summed E-state index contributed by atoms with van der Waals surface area (Å²) in [6.45, 7) is 2.93. The fraction of sp³-hybridized carbons (Fsp3) is 0.217. The summed E-state index contributed by atoms with van der Waals surface area (Å²) in [5.41, 5.74) is 2.70. The molecule has 3 aromatic rings. The first-order chi connectivity index (χ1) is 14.1. The minimum absolute atomic E-state index is 0.0198. The first-order valence-corrected chi connectivity index (χ1v) is 9.51. The van der Waals surface area contributed by atoms with Crippen LogP contribution in [-0.4, -0.2) is 18.4 Å². The number of benzene rings is 2. The van der Waals surface area contributed by atoms with E-state index in [0.717, 1.165) is 16.9 Å². The summed E-state index contributed by atoms with van der Waals surface area (Å²) in [5.74, 6) is 0.789. The van der Waals surface area contributed by atoms with Crippen LogP contribution in [0.15, 0.2) is 71.3 Å². The normalized spacial score (nSPS) is 10.4. The van der Waals surface area contributed by atoms with Crippen molar-refractivity contribution in [2.45, 2.75) is 26.3 Å². The Labute approximate surface area is 169 Å². The van der Waals surface area contributed by atoms with Gasteiger partial charge in [0.2, 0.25) is 5.91 Å². The maximum absolute atomic E-state index is 12.0. The predicted molar refractivity (Wildman–Crippen MR) is 111 cm³/mol. The molecule has 2 amide bonds. The summed E-state index contributed by atoms with van der Waals surface area (Å²) in [4.78, 5) is 23.9. The third-order valence-electron chi connectivity index (χ3n) is 4.35. The van der Waals surface area contributed by atoms with Gasteiger partial charge in [-0.15, -0.1) is 0 Å². The molecule has 150 valence electrons. The summed E-state index contributed by atoms with van der Waals surface area (Å²) in [6.07, 6.45) is 2.51. The van der Waals surface area contributed by atoms with Crippen LogP contribution in [-0.2, 0) is 11.3 Å². The molecule has 0 spiro atoms. The molecule has 0 unspecified atom stereocenters. The number of aryl methyl sites for hydroxylation is 1. The molecule has 0 saturated carbocycles. The zero-order chi connectivity index (χ0) is 20.5. The topological polar surface area (TPSA) is 80.6 Å². The third-order valence-corrected chi connectivity index (χ3v) is 4.35. The number of hydrogen-bond donors (Lipinski definition) is 2. The molecule has 0 radical (unpaired) electrons. The molecule has 6 heteroatoms. The number of ether oxygens (including phenoxy) is 1. The molecule has 2 N–H and O–H groups in total. The molecule has 0 fully saturated rings. The largest absolute Gasteiger partial charge is 0.493 e. The predicted octanol–water partition coefficient (Wildman–Crippen LogP) is 4.32. The Morgan fingerprint density at radius 1 is 1.00 bits per heavy atom. The van der Waals surface area contributed by atoms with Crippen LogP contribution in [0.5, 0.6) is 5.75 Å². The monoisotopic (exact) mass is 392 g/mol. The van der Waals surface area contributed by atoms with E-state index in [1.165, 1.54) is 6.26 Å². The van der Waals surface area contributed by atoms with Crippen LogP contribution in [0.25, 0.3) is 0 Å². The molecule has 3 rings (SSSR count). The Bertz CT molecular complexity index is 934. The van der Waals surface area contributed by atoms with E-state index in [4.69, 9.17) is 9.15 Å². The number of carbonyl (C=O) groups is 2. The van der Waals surface area contributed by atoms with E-state index in [0.29, 0.717) is 31.7 Å². The van der Waals surface area contributed by atoms with Gasteiger partial charge in [-0.25, -0.2) is 0 Å². The Hall–Kier alpha value is -3.54. The number of para-hydroxylation sites is 1. The van der Waals surface area contributed by atoms with Gasteiger partial charge in [-0.3, -0.25) is 9.59 Å². The molecule has 0 aliphatic carbocycles. The first-order valence-electron chi connectivity index (χ1n) is 9.51. The molecular formula is C23H24N2O4. The van der Waals surface area contributed by atoms with Crippen LogP contribution in [0.1, 0.15) is 34.5 Å². The van der Waals surface area contributed by atoms with Crippen molar-refractivity contribution in [3.63, 3.8) is 0 Å². The lowest BCUT2D eigenvalue weighted by molar-refractivity contribution is -0.121. The first kappa shape index (κ1) is 20.2. The molecular weight excluding hydrogens is 368 g/mol. The van der Waals surface area contributed by atoms with Crippen molar-refractivity contribution in [3.05, 3.63) is 83.8 Å². The standard InChI is InChI=1S/C23H24N2O4/c1-17-6-2-3-7-20(17)28-15-5-9-22(26)24-16-18-10-12-19(13-11-18)25-23(27)21-8-4-14-29-21/h2-4,6-8,10-14H,5,9,15-16H2,1H3,(H,24,26)(H,25,27). The Balaban J connectivity index is 1.35. The quantitative estimate of drug-likeness (QED) is 0.532. The number of hydrogen-bond acceptors (Lipinski definition) is 4. The van der Waals surface area contributed by atoms with E-state index in [-0.39, 0.29) is 17.6 Å². The van der Waals surface area contributed by atoms with Crippen molar-refractivity contribution < 1.29 is 18.7 Å². The number of nitrogens with one attached hydrogen (secondary N) is 2. The molecule has 2 aromatic carbocycles. The van der Waals surface area contributed by atoms with Gasteiger partial charge < -0.3 is 19.8 Å². The molecule has 29 heavy (non-hydrogen) atoms. The van der Waals surface area contributed by atoms with Crippen LogP contribution < -0.4 is 15.4 Å². The number of anilines is 1. The van der Waals surface area contributed by atoms with Crippen molar-refractivity contribution in [3.8, 4) is 5.75 Å². The van der Waals surface area contributed by atoms with Crippen LogP contribution >= 0.6 is 0 Å². The minimum atomic E-state index is -0.302. The van der Waals surface area contributed by atoms with Crippen molar-refractivity contribution in [2.24, 2.45) is 0 Å². The second-order valence-electron chi connectivity index (χ2n) is 6.62. The summed E-state index contributed by atoms with van der Waals surface area (Å²) in [7, 11) is 0. The maximum Gasteiger partial charge on any atom is 0.291 e. The second kappa shape index (κ2) is 10.1. The molecule has 0 saturated heterocycles. The van der Waals surface area contributed by atoms with E-state index in [1.54, 1.807) is 24.3 Å². The van der Waals surface area contributed by atoms with Gasteiger partial charge in [-0.05, 0) is 54.8 Å². The van der Waals surface area contributed by atoms with E-state index in [1.807, 2.05) is 43.3 Å². The third kappa shape index (κ3) is 6.24. The summed E-state index contributed by atoms with van der Waals surface area (Å²) in [6, 6.07) is 18.4. The smallest absolute Gasteiger partial charge is 0.291 e. The number of amides is 2. The molecule has 6 nitrogen and oxygen atoms in total. The van der Waals surface area contributed by atoms with Crippen LogP contribution in [0.4, 0.5) is 5.69 Å². The highest BCUT2D eigenvalue weighted by Crippen LogP contribution is 2.16. The molecule has 1 aromatic heterocycles. The molecule has 1 heterocycles. The van der Waals surface area contributed by atoms with Crippen molar-refractivity contribution in [1.82, 2.24) is 5.32 Å². The lowest BCUT2D eigenvalue weighted by atomic mass is 10.2. The van der Waals surface area contributed by atoms with Crippen LogP contribution in [0.2, 0.25) is 0 Å². The lowest BCUT2D eigenvalue weighted by Gasteiger charge is -2.09. The molecule has 0 aliphatic heterocycles. The average molecular weight is 392 g/mol.